The molecule has 2 rings (SSSR count). The van der Waals surface area contributed by atoms with Crippen LogP contribution in [0, 0.1) is 11.3 Å². The van der Waals surface area contributed by atoms with Crippen LogP contribution in [0.15, 0.2) is 55.1 Å². The zero-order chi connectivity index (χ0) is 14.7. The van der Waals surface area contributed by atoms with Crippen molar-refractivity contribution in [3.8, 4) is 6.07 Å². The van der Waals surface area contributed by atoms with Gasteiger partial charge in [-0.2, -0.15) is 5.26 Å². The van der Waals surface area contributed by atoms with E-state index < -0.39 is 5.97 Å². The van der Waals surface area contributed by atoms with Gasteiger partial charge >= 0.3 is 5.97 Å². The number of rotatable bonds is 3. The number of carboxylic acids is 1. The predicted octanol–water partition coefficient (Wildman–Crippen LogP) is 4.93. The number of benzene rings is 2. The molecule has 100 valence electrons. The molecule has 0 spiro atoms. The number of carbonyl (C=O) groups is 1. The van der Waals surface area contributed by atoms with Crippen LogP contribution >= 0.6 is 43.6 Å². The van der Waals surface area contributed by atoms with Gasteiger partial charge in [0.25, 0.3) is 0 Å². The fraction of sp³-hybridized carbons (Fsp3) is 0. The summed E-state index contributed by atoms with van der Waals surface area (Å²) in [5.74, 6) is -0.992. The average Bonchev–Trinajstić information content (AvgIpc) is 2.38. The molecule has 2 aromatic carbocycles. The van der Waals surface area contributed by atoms with Crippen LogP contribution in [0.2, 0.25) is 0 Å². The Morgan fingerprint density at radius 1 is 1.20 bits per heavy atom. The second-order valence-corrected chi connectivity index (χ2v) is 6.63. The van der Waals surface area contributed by atoms with Crippen molar-refractivity contribution >= 4 is 49.6 Å². The molecule has 0 bridgehead atoms. The zero-order valence-electron chi connectivity index (χ0n) is 9.93. The smallest absolute Gasteiger partial charge is 0.336 e. The number of hydrogen-bond donors (Lipinski definition) is 1. The minimum Gasteiger partial charge on any atom is -0.478 e. The molecule has 0 saturated carbocycles. The maximum atomic E-state index is 11.2. The van der Waals surface area contributed by atoms with Crippen molar-refractivity contribution in [2.75, 3.05) is 0 Å². The van der Waals surface area contributed by atoms with Gasteiger partial charge in [-0.25, -0.2) is 4.79 Å². The number of carboxylic acid groups (broad SMARTS) is 1. The molecule has 3 nitrogen and oxygen atoms in total. The number of aromatic carboxylic acids is 1. The van der Waals surface area contributed by atoms with Gasteiger partial charge in [-0.15, -0.1) is 0 Å². The van der Waals surface area contributed by atoms with E-state index in [2.05, 4.69) is 37.9 Å². The Balaban J connectivity index is 2.51. The van der Waals surface area contributed by atoms with Crippen molar-refractivity contribution in [1.82, 2.24) is 0 Å². The lowest BCUT2D eigenvalue weighted by Crippen LogP contribution is -1.98. The summed E-state index contributed by atoms with van der Waals surface area (Å²) in [7, 11) is 0. The molecular formula is C14H7Br2NO2S. The summed E-state index contributed by atoms with van der Waals surface area (Å²) in [5, 5.41) is 18.4. The standard InChI is InChI=1S/C14H7Br2NO2S/c15-8-4-5-9(14(18)19)13(6-8)20-12-3-1-2-11(16)10(12)7-17/h1-6H,(H,18,19). The molecule has 0 amide bonds. The fourth-order valence-electron chi connectivity index (χ4n) is 1.57. The van der Waals surface area contributed by atoms with Crippen molar-refractivity contribution in [2.45, 2.75) is 9.79 Å². The van der Waals surface area contributed by atoms with Crippen LogP contribution in [0.3, 0.4) is 0 Å². The highest BCUT2D eigenvalue weighted by Crippen LogP contribution is 2.36. The van der Waals surface area contributed by atoms with Crippen LogP contribution in [-0.4, -0.2) is 11.1 Å². The molecule has 0 aliphatic heterocycles. The van der Waals surface area contributed by atoms with E-state index in [0.29, 0.717) is 19.8 Å². The van der Waals surface area contributed by atoms with Gasteiger partial charge in [0, 0.05) is 18.7 Å². The van der Waals surface area contributed by atoms with Crippen LogP contribution < -0.4 is 0 Å². The third kappa shape index (κ3) is 3.23. The first-order chi connectivity index (χ1) is 9.52. The SMILES string of the molecule is N#Cc1c(Br)cccc1Sc1cc(Br)ccc1C(=O)O. The second-order valence-electron chi connectivity index (χ2n) is 3.77. The van der Waals surface area contributed by atoms with Gasteiger partial charge < -0.3 is 5.11 Å². The summed E-state index contributed by atoms with van der Waals surface area (Å²) in [6, 6.07) is 12.5. The summed E-state index contributed by atoms with van der Waals surface area (Å²) in [6.07, 6.45) is 0. The lowest BCUT2D eigenvalue weighted by Gasteiger charge is -2.08. The highest BCUT2D eigenvalue weighted by atomic mass is 79.9. The topological polar surface area (TPSA) is 61.1 Å². The van der Waals surface area contributed by atoms with Gasteiger partial charge in [-0.05, 0) is 46.3 Å². The Morgan fingerprint density at radius 2 is 1.95 bits per heavy atom. The van der Waals surface area contributed by atoms with Gasteiger partial charge in [-0.1, -0.05) is 33.8 Å². The maximum absolute atomic E-state index is 11.2. The first kappa shape index (κ1) is 15.1. The third-order valence-electron chi connectivity index (χ3n) is 2.48. The van der Waals surface area contributed by atoms with Gasteiger partial charge in [-0.3, -0.25) is 0 Å². The molecule has 0 fully saturated rings. The van der Waals surface area contributed by atoms with E-state index in [9.17, 15) is 15.2 Å². The van der Waals surface area contributed by atoms with Crippen molar-refractivity contribution in [3.63, 3.8) is 0 Å². The van der Waals surface area contributed by atoms with Crippen LogP contribution in [0.1, 0.15) is 15.9 Å². The Labute approximate surface area is 136 Å². The lowest BCUT2D eigenvalue weighted by atomic mass is 10.2. The number of halogens is 2. The van der Waals surface area contributed by atoms with Crippen LogP contribution in [0.5, 0.6) is 0 Å². The van der Waals surface area contributed by atoms with Gasteiger partial charge in [0.05, 0.1) is 11.1 Å². The molecule has 20 heavy (non-hydrogen) atoms. The maximum Gasteiger partial charge on any atom is 0.336 e. The van der Waals surface area contributed by atoms with E-state index in [-0.39, 0.29) is 5.56 Å². The summed E-state index contributed by atoms with van der Waals surface area (Å²) >= 11 is 7.91. The summed E-state index contributed by atoms with van der Waals surface area (Å²) in [5.41, 5.74) is 0.705. The second kappa shape index (κ2) is 6.44. The van der Waals surface area contributed by atoms with E-state index in [1.165, 1.54) is 11.8 Å². The number of nitriles is 1. The average molecular weight is 413 g/mol. The van der Waals surface area contributed by atoms with Crippen molar-refractivity contribution < 1.29 is 9.90 Å². The highest BCUT2D eigenvalue weighted by Gasteiger charge is 2.14. The van der Waals surface area contributed by atoms with Gasteiger partial charge in [0.15, 0.2) is 0 Å². The number of hydrogen-bond acceptors (Lipinski definition) is 3. The van der Waals surface area contributed by atoms with Crippen molar-refractivity contribution in [1.29, 1.82) is 5.26 Å². The minimum absolute atomic E-state index is 0.210. The molecule has 0 aliphatic carbocycles. The molecule has 1 N–H and O–H groups in total. The Hall–Kier alpha value is -1.29. The monoisotopic (exact) mass is 411 g/mol. The molecule has 0 unspecified atom stereocenters. The zero-order valence-corrected chi connectivity index (χ0v) is 13.9. The van der Waals surface area contributed by atoms with E-state index in [1.54, 1.807) is 30.3 Å². The molecule has 0 saturated heterocycles. The van der Waals surface area contributed by atoms with Crippen molar-refractivity contribution in [3.05, 3.63) is 56.5 Å². The molecule has 2 aromatic rings. The molecule has 6 heteroatoms. The van der Waals surface area contributed by atoms with Crippen LogP contribution in [0.4, 0.5) is 0 Å². The van der Waals surface area contributed by atoms with E-state index in [0.717, 1.165) is 4.47 Å². The van der Waals surface area contributed by atoms with E-state index >= 15 is 0 Å². The Morgan fingerprint density at radius 3 is 2.60 bits per heavy atom. The van der Waals surface area contributed by atoms with Gasteiger partial charge in [0.1, 0.15) is 6.07 Å². The van der Waals surface area contributed by atoms with E-state index in [4.69, 9.17) is 0 Å². The largest absolute Gasteiger partial charge is 0.478 e. The highest BCUT2D eigenvalue weighted by molar-refractivity contribution is 9.10. The Kier molecular flexibility index (Phi) is 4.86. The van der Waals surface area contributed by atoms with Crippen molar-refractivity contribution in [2.24, 2.45) is 0 Å². The molecule has 0 aromatic heterocycles. The normalized spacial score (nSPS) is 10.1. The fourth-order valence-corrected chi connectivity index (χ4v) is 3.76. The number of nitrogens with zero attached hydrogens (tertiary/aromatic N) is 1. The first-order valence-corrected chi connectivity index (χ1v) is 7.82. The third-order valence-corrected chi connectivity index (χ3v) is 4.75. The quantitative estimate of drug-likeness (QED) is 0.775. The molecule has 0 atom stereocenters. The summed E-state index contributed by atoms with van der Waals surface area (Å²) < 4.78 is 1.48. The summed E-state index contributed by atoms with van der Waals surface area (Å²) in [6.45, 7) is 0. The van der Waals surface area contributed by atoms with Crippen LogP contribution in [-0.2, 0) is 0 Å². The molecule has 0 radical (unpaired) electrons. The van der Waals surface area contributed by atoms with Gasteiger partial charge in [0.2, 0.25) is 0 Å². The Bertz CT molecular complexity index is 726. The summed E-state index contributed by atoms with van der Waals surface area (Å²) in [4.78, 5) is 12.5. The first-order valence-electron chi connectivity index (χ1n) is 5.42. The van der Waals surface area contributed by atoms with E-state index in [1.807, 2.05) is 6.07 Å². The molecular weight excluding hydrogens is 406 g/mol. The predicted molar refractivity (Wildman–Crippen MR) is 84.1 cm³/mol. The lowest BCUT2D eigenvalue weighted by molar-refractivity contribution is 0.0693. The minimum atomic E-state index is -0.992. The molecule has 0 heterocycles. The molecule has 0 aliphatic rings. The van der Waals surface area contributed by atoms with Crippen LogP contribution in [0.25, 0.3) is 0 Å².